The van der Waals surface area contributed by atoms with Crippen molar-refractivity contribution in [2.75, 3.05) is 12.4 Å². The summed E-state index contributed by atoms with van der Waals surface area (Å²) in [7, 11) is 1.42. The number of carbonyl (C=O) groups excluding carboxylic acids is 1. The first-order valence-corrected chi connectivity index (χ1v) is 8.52. The Morgan fingerprint density at radius 1 is 1.04 bits per heavy atom. The molecular weight excluding hydrogens is 384 g/mol. The maximum Gasteiger partial charge on any atom is 0.282 e. The lowest BCUT2D eigenvalue weighted by Crippen LogP contribution is -2.14. The smallest absolute Gasteiger partial charge is 0.282 e. The van der Waals surface area contributed by atoms with Crippen LogP contribution in [0, 0.1) is 10.1 Å². The van der Waals surface area contributed by atoms with Crippen LogP contribution < -0.4 is 14.8 Å². The van der Waals surface area contributed by atoms with Gasteiger partial charge in [0, 0.05) is 11.8 Å². The van der Waals surface area contributed by atoms with E-state index in [1.165, 1.54) is 25.3 Å². The van der Waals surface area contributed by atoms with E-state index >= 15 is 0 Å². The third-order valence-corrected chi connectivity index (χ3v) is 4.13. The number of nitro groups is 1. The SMILES string of the molecule is COc1ccc([N+](=O)[O-])c(C(=O)Nc2ccc(Oc3ccccc3Cl)cc2)c1. The third-order valence-electron chi connectivity index (χ3n) is 3.82. The van der Waals surface area contributed by atoms with E-state index in [9.17, 15) is 14.9 Å². The van der Waals surface area contributed by atoms with Crippen LogP contribution in [0.1, 0.15) is 10.4 Å². The lowest BCUT2D eigenvalue weighted by molar-refractivity contribution is -0.385. The fraction of sp³-hybridized carbons (Fsp3) is 0.0500. The lowest BCUT2D eigenvalue weighted by atomic mass is 10.1. The average Bonchev–Trinajstić information content (AvgIpc) is 2.70. The van der Waals surface area contributed by atoms with Crippen molar-refractivity contribution in [2.45, 2.75) is 0 Å². The number of benzene rings is 3. The number of hydrogen-bond acceptors (Lipinski definition) is 5. The fourth-order valence-corrected chi connectivity index (χ4v) is 2.62. The van der Waals surface area contributed by atoms with Gasteiger partial charge in [-0.1, -0.05) is 23.7 Å². The number of carbonyl (C=O) groups is 1. The number of rotatable bonds is 6. The predicted octanol–water partition coefficient (Wildman–Crippen LogP) is 5.30. The molecule has 0 aliphatic carbocycles. The largest absolute Gasteiger partial charge is 0.497 e. The van der Waals surface area contributed by atoms with Gasteiger partial charge in [-0.2, -0.15) is 0 Å². The lowest BCUT2D eigenvalue weighted by Gasteiger charge is -2.10. The summed E-state index contributed by atoms with van der Waals surface area (Å²) < 4.78 is 10.7. The van der Waals surface area contributed by atoms with Gasteiger partial charge in [0.1, 0.15) is 22.8 Å². The van der Waals surface area contributed by atoms with Crippen LogP contribution in [-0.4, -0.2) is 17.9 Å². The van der Waals surface area contributed by atoms with Gasteiger partial charge in [0.05, 0.1) is 17.1 Å². The molecule has 0 aliphatic rings. The second-order valence-corrected chi connectivity index (χ2v) is 6.06. The first-order chi connectivity index (χ1) is 13.5. The molecule has 0 spiro atoms. The van der Waals surface area contributed by atoms with Crippen LogP contribution >= 0.6 is 11.6 Å². The number of nitrogens with one attached hydrogen (secondary N) is 1. The number of halogens is 1. The molecule has 7 nitrogen and oxygen atoms in total. The molecule has 8 heteroatoms. The van der Waals surface area contributed by atoms with Gasteiger partial charge in [-0.05, 0) is 48.5 Å². The van der Waals surface area contributed by atoms with Gasteiger partial charge in [-0.3, -0.25) is 14.9 Å². The van der Waals surface area contributed by atoms with E-state index in [4.69, 9.17) is 21.1 Å². The second kappa shape index (κ2) is 8.41. The fourth-order valence-electron chi connectivity index (χ4n) is 2.44. The standard InChI is InChI=1S/C20H15ClN2O5/c1-27-15-10-11-18(23(25)26)16(12-15)20(24)22-13-6-8-14(9-7-13)28-19-5-3-2-4-17(19)21/h2-12H,1H3,(H,22,24). The third kappa shape index (κ3) is 4.39. The molecule has 3 rings (SSSR count). The van der Waals surface area contributed by atoms with Crippen molar-refractivity contribution in [1.82, 2.24) is 0 Å². The van der Waals surface area contributed by atoms with E-state index in [2.05, 4.69) is 5.32 Å². The molecular formula is C20H15ClN2O5. The van der Waals surface area contributed by atoms with E-state index in [0.717, 1.165) is 0 Å². The van der Waals surface area contributed by atoms with Crippen molar-refractivity contribution in [1.29, 1.82) is 0 Å². The molecule has 1 N–H and O–H groups in total. The van der Waals surface area contributed by atoms with Gasteiger partial charge >= 0.3 is 0 Å². The molecule has 28 heavy (non-hydrogen) atoms. The molecule has 0 fully saturated rings. The molecule has 3 aromatic rings. The van der Waals surface area contributed by atoms with Crippen molar-refractivity contribution in [3.63, 3.8) is 0 Å². The Bertz CT molecular complexity index is 1020. The van der Waals surface area contributed by atoms with Crippen molar-refractivity contribution in [3.8, 4) is 17.2 Å². The number of anilines is 1. The Kier molecular flexibility index (Phi) is 5.76. The van der Waals surface area contributed by atoms with Gasteiger partial charge in [-0.15, -0.1) is 0 Å². The summed E-state index contributed by atoms with van der Waals surface area (Å²) in [6.45, 7) is 0. The van der Waals surface area contributed by atoms with E-state index in [0.29, 0.717) is 28.0 Å². The zero-order valence-corrected chi connectivity index (χ0v) is 15.5. The minimum absolute atomic E-state index is 0.0965. The van der Waals surface area contributed by atoms with Gasteiger partial charge in [0.15, 0.2) is 0 Å². The summed E-state index contributed by atoms with van der Waals surface area (Å²) >= 11 is 6.06. The normalized spacial score (nSPS) is 10.2. The number of methoxy groups -OCH3 is 1. The van der Waals surface area contributed by atoms with Crippen LogP contribution in [0.2, 0.25) is 5.02 Å². The molecule has 0 aliphatic heterocycles. The molecule has 0 unspecified atom stereocenters. The van der Waals surface area contributed by atoms with E-state index < -0.39 is 10.8 Å². The Morgan fingerprint density at radius 2 is 1.71 bits per heavy atom. The summed E-state index contributed by atoms with van der Waals surface area (Å²) in [5, 5.41) is 14.3. The van der Waals surface area contributed by atoms with Crippen molar-refractivity contribution >= 4 is 28.9 Å². The Balaban J connectivity index is 1.76. The highest BCUT2D eigenvalue weighted by Gasteiger charge is 2.21. The summed E-state index contributed by atoms with van der Waals surface area (Å²) in [5.74, 6) is 0.760. The average molecular weight is 399 g/mol. The number of para-hydroxylation sites is 1. The highest BCUT2D eigenvalue weighted by molar-refractivity contribution is 6.32. The molecule has 142 valence electrons. The first-order valence-electron chi connectivity index (χ1n) is 8.14. The molecule has 0 saturated carbocycles. The molecule has 0 saturated heterocycles. The van der Waals surface area contributed by atoms with Crippen molar-refractivity contribution in [2.24, 2.45) is 0 Å². The number of hydrogen-bond donors (Lipinski definition) is 1. The van der Waals surface area contributed by atoms with Crippen LogP contribution in [-0.2, 0) is 0 Å². The van der Waals surface area contributed by atoms with Gasteiger partial charge in [-0.25, -0.2) is 0 Å². The van der Waals surface area contributed by atoms with Gasteiger partial charge < -0.3 is 14.8 Å². The summed E-state index contributed by atoms with van der Waals surface area (Å²) in [4.78, 5) is 23.1. The van der Waals surface area contributed by atoms with Gasteiger partial charge in [0.25, 0.3) is 11.6 Å². The Hall–Kier alpha value is -3.58. The Labute approximate surface area is 165 Å². The highest BCUT2D eigenvalue weighted by atomic mass is 35.5. The molecule has 0 bridgehead atoms. The minimum atomic E-state index is -0.620. The van der Waals surface area contributed by atoms with Crippen LogP contribution in [0.15, 0.2) is 66.7 Å². The second-order valence-electron chi connectivity index (χ2n) is 5.65. The molecule has 0 aromatic heterocycles. The van der Waals surface area contributed by atoms with Crippen molar-refractivity contribution < 1.29 is 19.2 Å². The number of nitro benzene ring substituents is 1. The predicted molar refractivity (Wildman–Crippen MR) is 106 cm³/mol. The molecule has 3 aromatic carbocycles. The monoisotopic (exact) mass is 398 g/mol. The first kappa shape index (κ1) is 19.2. The van der Waals surface area contributed by atoms with Crippen LogP contribution in [0.5, 0.6) is 17.2 Å². The van der Waals surface area contributed by atoms with Crippen LogP contribution in [0.3, 0.4) is 0 Å². The zero-order valence-electron chi connectivity index (χ0n) is 14.7. The Morgan fingerprint density at radius 3 is 2.36 bits per heavy atom. The number of ether oxygens (including phenoxy) is 2. The van der Waals surface area contributed by atoms with E-state index in [1.807, 2.05) is 0 Å². The minimum Gasteiger partial charge on any atom is -0.497 e. The molecule has 0 atom stereocenters. The molecule has 1 amide bonds. The van der Waals surface area contributed by atoms with Crippen LogP contribution in [0.4, 0.5) is 11.4 Å². The summed E-state index contributed by atoms with van der Waals surface area (Å²) in [6, 6.07) is 17.6. The topological polar surface area (TPSA) is 90.7 Å². The van der Waals surface area contributed by atoms with Crippen molar-refractivity contribution in [3.05, 3.63) is 87.4 Å². The number of amides is 1. The maximum absolute atomic E-state index is 12.5. The molecule has 0 heterocycles. The van der Waals surface area contributed by atoms with Crippen LogP contribution in [0.25, 0.3) is 0 Å². The quantitative estimate of drug-likeness (QED) is 0.449. The summed E-state index contributed by atoms with van der Waals surface area (Å²) in [6.07, 6.45) is 0. The summed E-state index contributed by atoms with van der Waals surface area (Å²) in [5.41, 5.74) is 0.0475. The zero-order chi connectivity index (χ0) is 20.1. The van der Waals surface area contributed by atoms with Gasteiger partial charge in [0.2, 0.25) is 0 Å². The molecule has 0 radical (unpaired) electrons. The van der Waals surface area contributed by atoms with E-state index in [1.54, 1.807) is 48.5 Å². The highest BCUT2D eigenvalue weighted by Crippen LogP contribution is 2.30. The number of nitrogens with zero attached hydrogens (tertiary/aromatic N) is 1. The maximum atomic E-state index is 12.5. The van der Waals surface area contributed by atoms with E-state index in [-0.39, 0.29) is 11.3 Å².